The third kappa shape index (κ3) is 15.4. The quantitative estimate of drug-likeness (QED) is 0.118. The zero-order valence-corrected chi connectivity index (χ0v) is 22.8. The summed E-state index contributed by atoms with van der Waals surface area (Å²) in [5.74, 6) is -2.37. The molecule has 0 aliphatic carbocycles. The Hall–Kier alpha value is -2.84. The lowest BCUT2D eigenvalue weighted by Gasteiger charge is -2.22. The van der Waals surface area contributed by atoms with E-state index in [0.29, 0.717) is 31.5 Å². The summed E-state index contributed by atoms with van der Waals surface area (Å²) < 4.78 is 38.6. The van der Waals surface area contributed by atoms with E-state index in [9.17, 15) is 19.2 Å². The van der Waals surface area contributed by atoms with E-state index in [-0.39, 0.29) is 76.7 Å². The van der Waals surface area contributed by atoms with Crippen LogP contribution >= 0.6 is 0 Å². The molecule has 0 saturated carbocycles. The van der Waals surface area contributed by atoms with Crippen molar-refractivity contribution in [1.82, 2.24) is 5.06 Å². The Labute approximate surface area is 229 Å². The van der Waals surface area contributed by atoms with Crippen LogP contribution in [0.2, 0.25) is 0 Å². The predicted molar refractivity (Wildman–Crippen MR) is 136 cm³/mol. The molecule has 0 aromatic carbocycles. The van der Waals surface area contributed by atoms with Crippen molar-refractivity contribution in [1.29, 1.82) is 0 Å². The first kappa shape index (κ1) is 34.2. The molecule has 222 valence electrons. The fraction of sp³-hybridized carbons (Fsp3) is 0.692. The van der Waals surface area contributed by atoms with Gasteiger partial charge in [0.1, 0.15) is 31.5 Å². The van der Waals surface area contributed by atoms with Gasteiger partial charge in [0, 0.05) is 32.5 Å². The van der Waals surface area contributed by atoms with Crippen LogP contribution in [0.4, 0.5) is 0 Å². The van der Waals surface area contributed by atoms with E-state index in [1.54, 1.807) is 0 Å². The Morgan fingerprint density at radius 3 is 1.87 bits per heavy atom. The van der Waals surface area contributed by atoms with Gasteiger partial charge in [0.2, 0.25) is 0 Å². The van der Waals surface area contributed by atoms with E-state index < -0.39 is 23.9 Å². The number of carbonyl (C=O) groups is 4. The smallest absolute Gasteiger partial charge is 0.333 e. The molecule has 3 atom stereocenters. The minimum atomic E-state index is -0.848. The molecular formula is C26H41NO12. The van der Waals surface area contributed by atoms with Crippen molar-refractivity contribution in [2.75, 3.05) is 59.5 Å². The number of hydrogen-bond donors (Lipinski definition) is 0. The number of amides is 2. The third-order valence-corrected chi connectivity index (χ3v) is 5.08. The summed E-state index contributed by atoms with van der Waals surface area (Å²) in [7, 11) is 0. The van der Waals surface area contributed by atoms with Crippen LogP contribution in [0, 0.1) is 0 Å². The summed E-state index contributed by atoms with van der Waals surface area (Å²) in [5, 5.41) is 0.444. The topological polar surface area (TPSA) is 145 Å². The van der Waals surface area contributed by atoms with Crippen LogP contribution in [-0.2, 0) is 57.2 Å². The molecule has 0 spiro atoms. The summed E-state index contributed by atoms with van der Waals surface area (Å²) in [5.41, 5.74) is 0. The van der Waals surface area contributed by atoms with Crippen LogP contribution in [0.15, 0.2) is 25.7 Å². The van der Waals surface area contributed by atoms with E-state index in [0.717, 1.165) is 0 Å². The SMILES string of the molecule is C=COCC(COCC(COCC(COCC(=O)CCC(=O)ON1C(=O)CCC1=O)OC=C)OCC)OCC. The number of ether oxygens (including phenoxy) is 7. The van der Waals surface area contributed by atoms with Crippen molar-refractivity contribution in [3.8, 4) is 0 Å². The first-order valence-corrected chi connectivity index (χ1v) is 12.9. The zero-order chi connectivity index (χ0) is 28.9. The molecule has 1 rings (SSSR count). The molecule has 1 heterocycles. The van der Waals surface area contributed by atoms with Crippen LogP contribution < -0.4 is 0 Å². The molecule has 0 bridgehead atoms. The van der Waals surface area contributed by atoms with Gasteiger partial charge in [0.15, 0.2) is 5.78 Å². The molecule has 13 nitrogen and oxygen atoms in total. The average Bonchev–Trinajstić information content (AvgIpc) is 3.22. The fourth-order valence-electron chi connectivity index (χ4n) is 3.28. The minimum absolute atomic E-state index is 0.00222. The summed E-state index contributed by atoms with van der Waals surface area (Å²) in [6.07, 6.45) is 1.05. The molecule has 3 unspecified atom stereocenters. The van der Waals surface area contributed by atoms with Gasteiger partial charge in [-0.3, -0.25) is 14.4 Å². The molecule has 39 heavy (non-hydrogen) atoms. The summed E-state index contributed by atoms with van der Waals surface area (Å²) in [6.45, 7) is 12.9. The maximum atomic E-state index is 12.1. The van der Waals surface area contributed by atoms with E-state index >= 15 is 0 Å². The summed E-state index contributed by atoms with van der Waals surface area (Å²) in [4.78, 5) is 51.5. The molecule has 2 amide bonds. The van der Waals surface area contributed by atoms with Crippen molar-refractivity contribution in [2.45, 2.75) is 57.8 Å². The highest BCUT2D eigenvalue weighted by molar-refractivity contribution is 6.01. The number of nitrogens with zero attached hydrogens (tertiary/aromatic N) is 1. The maximum absolute atomic E-state index is 12.1. The van der Waals surface area contributed by atoms with Gasteiger partial charge >= 0.3 is 5.97 Å². The fourth-order valence-corrected chi connectivity index (χ4v) is 3.28. The van der Waals surface area contributed by atoms with E-state index in [4.69, 9.17) is 38.0 Å². The largest absolute Gasteiger partial charge is 0.499 e. The third-order valence-electron chi connectivity index (χ3n) is 5.08. The van der Waals surface area contributed by atoms with Gasteiger partial charge in [0.25, 0.3) is 11.8 Å². The van der Waals surface area contributed by atoms with Crippen LogP contribution in [0.5, 0.6) is 0 Å². The summed E-state index contributed by atoms with van der Waals surface area (Å²) >= 11 is 0. The first-order chi connectivity index (χ1) is 18.8. The highest BCUT2D eigenvalue weighted by Crippen LogP contribution is 2.13. The molecule has 0 N–H and O–H groups in total. The first-order valence-electron chi connectivity index (χ1n) is 12.9. The number of rotatable bonds is 25. The lowest BCUT2D eigenvalue weighted by molar-refractivity contribution is -0.197. The second kappa shape index (κ2) is 21.0. The second-order valence-electron chi connectivity index (χ2n) is 8.25. The Balaban J connectivity index is 2.31. The van der Waals surface area contributed by atoms with Crippen molar-refractivity contribution < 1.29 is 57.2 Å². The molecule has 0 aromatic rings. The number of ketones is 1. The van der Waals surface area contributed by atoms with Crippen molar-refractivity contribution in [3.63, 3.8) is 0 Å². The molecule has 1 aliphatic rings. The minimum Gasteiger partial charge on any atom is -0.499 e. The highest BCUT2D eigenvalue weighted by atomic mass is 16.7. The molecule has 0 aromatic heterocycles. The zero-order valence-electron chi connectivity index (χ0n) is 22.8. The molecular weight excluding hydrogens is 518 g/mol. The summed E-state index contributed by atoms with van der Waals surface area (Å²) in [6, 6.07) is 0. The van der Waals surface area contributed by atoms with Gasteiger partial charge in [-0.15, -0.1) is 5.06 Å². The second-order valence-corrected chi connectivity index (χ2v) is 8.25. The van der Waals surface area contributed by atoms with Crippen LogP contribution in [0.1, 0.15) is 39.5 Å². The van der Waals surface area contributed by atoms with Gasteiger partial charge in [-0.05, 0) is 13.8 Å². The van der Waals surface area contributed by atoms with E-state index in [1.807, 2.05) is 13.8 Å². The lowest BCUT2D eigenvalue weighted by Crippen LogP contribution is -2.32. The molecule has 1 aliphatic heterocycles. The van der Waals surface area contributed by atoms with Crippen molar-refractivity contribution in [3.05, 3.63) is 25.7 Å². The number of hydroxylamine groups is 2. The number of imide groups is 1. The van der Waals surface area contributed by atoms with Crippen LogP contribution in [0.3, 0.4) is 0 Å². The molecule has 0 radical (unpaired) electrons. The van der Waals surface area contributed by atoms with Gasteiger partial charge in [-0.1, -0.05) is 13.2 Å². The molecule has 1 fully saturated rings. The van der Waals surface area contributed by atoms with E-state index in [2.05, 4.69) is 13.2 Å². The number of carbonyl (C=O) groups excluding carboxylic acids is 4. The Kier molecular flexibility index (Phi) is 18.4. The van der Waals surface area contributed by atoms with Gasteiger partial charge in [0.05, 0.1) is 52.0 Å². The average molecular weight is 560 g/mol. The lowest BCUT2D eigenvalue weighted by atomic mass is 10.2. The molecule has 1 saturated heterocycles. The molecule has 13 heteroatoms. The van der Waals surface area contributed by atoms with Gasteiger partial charge in [-0.25, -0.2) is 4.79 Å². The monoisotopic (exact) mass is 559 g/mol. The number of hydrogen-bond acceptors (Lipinski definition) is 12. The van der Waals surface area contributed by atoms with Gasteiger partial charge in [-0.2, -0.15) is 0 Å². The van der Waals surface area contributed by atoms with Crippen LogP contribution in [0.25, 0.3) is 0 Å². The Morgan fingerprint density at radius 1 is 0.795 bits per heavy atom. The van der Waals surface area contributed by atoms with Gasteiger partial charge < -0.3 is 38.0 Å². The standard InChI is InChI=1S/C26H41NO12/c1-5-32-14-21(36-6-2)16-34-18-23(38-8-4)19-35-17-22(37-7-3)15-33-13-20(28)9-12-26(31)39-27-24(29)10-11-25(27)30/h5,7,21-23H,1,3,6,8-19H2,2,4H3. The van der Waals surface area contributed by atoms with Crippen molar-refractivity contribution in [2.24, 2.45) is 0 Å². The van der Waals surface area contributed by atoms with Crippen molar-refractivity contribution >= 4 is 23.6 Å². The predicted octanol–water partition coefficient (Wildman–Crippen LogP) is 1.49. The Bertz CT molecular complexity index is 758. The number of Topliss-reactive ketones (excluding diaryl/α,β-unsaturated/α-hetero) is 1. The normalized spacial score (nSPS) is 15.5. The van der Waals surface area contributed by atoms with Crippen LogP contribution in [-0.4, -0.2) is 106 Å². The highest BCUT2D eigenvalue weighted by Gasteiger charge is 2.32. The Morgan fingerprint density at radius 2 is 1.33 bits per heavy atom. The maximum Gasteiger partial charge on any atom is 0.333 e. The van der Waals surface area contributed by atoms with E-state index in [1.165, 1.54) is 12.5 Å².